The number of aryl methyl sites for hydroxylation is 1. The summed E-state index contributed by atoms with van der Waals surface area (Å²) in [5.41, 5.74) is 8.10. The van der Waals surface area contributed by atoms with Crippen LogP contribution < -0.4 is 16.0 Å². The molecule has 1 aliphatic rings. The van der Waals surface area contributed by atoms with E-state index in [1.807, 2.05) is 12.1 Å². The quantitative estimate of drug-likeness (QED) is 0.618. The number of hydrogen-bond donors (Lipinski definition) is 2. The number of carbonyl (C=O) groups excluding carboxylic acids is 2. The number of carbonyl (C=O) groups is 2. The summed E-state index contributed by atoms with van der Waals surface area (Å²) in [6.07, 6.45) is 1.28. The third-order valence-electron chi connectivity index (χ3n) is 3.16. The molecule has 104 valence electrons. The average Bonchev–Trinajstić information content (AvgIpc) is 2.42. The normalized spacial score (nSPS) is 13.6. The average molecular weight is 272 g/mol. The van der Waals surface area contributed by atoms with Crippen molar-refractivity contribution in [3.63, 3.8) is 0 Å². The monoisotopic (exact) mass is 272 g/mol. The number of nitrogens with zero attached hydrogens (tertiary/aromatic N) is 2. The van der Waals surface area contributed by atoms with Crippen molar-refractivity contribution in [2.45, 2.75) is 19.3 Å². The molecule has 6 nitrogen and oxygen atoms in total. The molecule has 6 heteroatoms. The van der Waals surface area contributed by atoms with Gasteiger partial charge in [-0.2, -0.15) is 5.26 Å². The molecule has 2 rings (SSSR count). The summed E-state index contributed by atoms with van der Waals surface area (Å²) in [6.45, 7) is 0.271. The molecule has 0 fully saturated rings. The maximum Gasteiger partial charge on any atom is 0.240 e. The number of anilines is 2. The molecule has 0 saturated heterocycles. The lowest BCUT2D eigenvalue weighted by Crippen LogP contribution is -2.43. The highest BCUT2D eigenvalue weighted by Gasteiger charge is 2.25. The Morgan fingerprint density at radius 2 is 2.25 bits per heavy atom. The number of nitrogens with one attached hydrogen (secondary N) is 1. The second-order valence-electron chi connectivity index (χ2n) is 4.63. The molecule has 1 heterocycles. The van der Waals surface area contributed by atoms with Gasteiger partial charge in [0, 0.05) is 24.3 Å². The van der Waals surface area contributed by atoms with Crippen LogP contribution in [-0.2, 0) is 16.0 Å². The Labute approximate surface area is 117 Å². The van der Waals surface area contributed by atoms with Gasteiger partial charge < -0.3 is 16.0 Å². The van der Waals surface area contributed by atoms with Crippen LogP contribution in [0.4, 0.5) is 11.4 Å². The van der Waals surface area contributed by atoms with Gasteiger partial charge in [-0.05, 0) is 30.2 Å². The van der Waals surface area contributed by atoms with Crippen molar-refractivity contribution in [1.29, 1.82) is 5.26 Å². The van der Waals surface area contributed by atoms with Crippen LogP contribution >= 0.6 is 0 Å². The maximum atomic E-state index is 12.0. The largest absolute Gasteiger partial charge is 0.399 e. The lowest BCUT2D eigenvalue weighted by Gasteiger charge is -2.29. The van der Waals surface area contributed by atoms with Crippen LogP contribution in [0, 0.1) is 11.3 Å². The Morgan fingerprint density at radius 3 is 3.00 bits per heavy atom. The standard InChI is InChI=1S/C14H16N4O2/c15-6-1-7-17-13(19)9-18-12-4-3-11(16)8-10(12)2-5-14(18)20/h3-4,8H,1-2,5,7,9,16H2,(H,17,19). The SMILES string of the molecule is N#CCCNC(=O)CN1C(=O)CCc2cc(N)ccc21. The van der Waals surface area contributed by atoms with Crippen LogP contribution in [0.25, 0.3) is 0 Å². The minimum atomic E-state index is -0.265. The minimum absolute atomic E-state index is 0.0266. The molecular weight excluding hydrogens is 256 g/mol. The van der Waals surface area contributed by atoms with Crippen molar-refractivity contribution < 1.29 is 9.59 Å². The van der Waals surface area contributed by atoms with Crippen molar-refractivity contribution in [3.05, 3.63) is 23.8 Å². The predicted octanol–water partition coefficient (Wildman–Crippen LogP) is 0.578. The first-order valence-corrected chi connectivity index (χ1v) is 6.44. The fraction of sp³-hybridized carbons (Fsp3) is 0.357. The summed E-state index contributed by atoms with van der Waals surface area (Å²) in [6, 6.07) is 7.27. The number of hydrogen-bond acceptors (Lipinski definition) is 4. The molecule has 0 aromatic heterocycles. The highest BCUT2D eigenvalue weighted by Crippen LogP contribution is 2.29. The van der Waals surface area contributed by atoms with Gasteiger partial charge in [0.05, 0.1) is 12.5 Å². The van der Waals surface area contributed by atoms with E-state index >= 15 is 0 Å². The number of nitrogens with two attached hydrogens (primary N) is 1. The van der Waals surface area contributed by atoms with E-state index in [-0.39, 0.29) is 24.8 Å². The van der Waals surface area contributed by atoms with E-state index in [0.29, 0.717) is 25.1 Å². The molecule has 0 bridgehead atoms. The van der Waals surface area contributed by atoms with Gasteiger partial charge in [0.15, 0.2) is 0 Å². The van der Waals surface area contributed by atoms with Crippen LogP contribution in [0.3, 0.4) is 0 Å². The molecule has 0 unspecified atom stereocenters. The smallest absolute Gasteiger partial charge is 0.240 e. The van der Waals surface area contributed by atoms with Crippen LogP contribution in [0.2, 0.25) is 0 Å². The molecule has 0 saturated carbocycles. The molecule has 20 heavy (non-hydrogen) atoms. The second-order valence-corrected chi connectivity index (χ2v) is 4.63. The first kappa shape index (κ1) is 13.9. The zero-order valence-electron chi connectivity index (χ0n) is 11.1. The summed E-state index contributed by atoms with van der Waals surface area (Å²) in [5.74, 6) is -0.337. The van der Waals surface area contributed by atoms with Crippen molar-refractivity contribution in [2.24, 2.45) is 0 Å². The zero-order valence-corrected chi connectivity index (χ0v) is 11.1. The molecule has 3 N–H and O–H groups in total. The predicted molar refractivity (Wildman–Crippen MR) is 74.8 cm³/mol. The summed E-state index contributed by atoms with van der Waals surface area (Å²) in [4.78, 5) is 25.2. The van der Waals surface area contributed by atoms with Gasteiger partial charge in [0.25, 0.3) is 0 Å². The third-order valence-corrected chi connectivity index (χ3v) is 3.16. The summed E-state index contributed by atoms with van der Waals surface area (Å²) >= 11 is 0. The van der Waals surface area contributed by atoms with E-state index in [9.17, 15) is 9.59 Å². The van der Waals surface area contributed by atoms with E-state index in [1.165, 1.54) is 4.90 Å². The second kappa shape index (κ2) is 6.06. The van der Waals surface area contributed by atoms with Gasteiger partial charge in [-0.1, -0.05) is 0 Å². The molecular formula is C14H16N4O2. The molecule has 0 atom stereocenters. The number of rotatable bonds is 4. The Balaban J connectivity index is 2.10. The van der Waals surface area contributed by atoms with E-state index in [2.05, 4.69) is 5.32 Å². The van der Waals surface area contributed by atoms with Gasteiger partial charge in [0.2, 0.25) is 11.8 Å². The Morgan fingerprint density at radius 1 is 1.45 bits per heavy atom. The van der Waals surface area contributed by atoms with Gasteiger partial charge in [0.1, 0.15) is 6.54 Å². The maximum absolute atomic E-state index is 12.0. The number of benzene rings is 1. The molecule has 0 radical (unpaired) electrons. The number of fused-ring (bicyclic) bond motifs is 1. The van der Waals surface area contributed by atoms with Gasteiger partial charge in [-0.15, -0.1) is 0 Å². The van der Waals surface area contributed by atoms with E-state index in [0.717, 1.165) is 11.3 Å². The van der Waals surface area contributed by atoms with Crippen molar-refractivity contribution in [3.8, 4) is 6.07 Å². The number of amides is 2. The van der Waals surface area contributed by atoms with Crippen LogP contribution in [-0.4, -0.2) is 24.9 Å². The molecule has 0 spiro atoms. The molecule has 0 aliphatic carbocycles. The van der Waals surface area contributed by atoms with Crippen LogP contribution in [0.15, 0.2) is 18.2 Å². The van der Waals surface area contributed by atoms with E-state index in [1.54, 1.807) is 12.1 Å². The lowest BCUT2D eigenvalue weighted by atomic mass is 10.0. The molecule has 2 amide bonds. The van der Waals surface area contributed by atoms with Crippen LogP contribution in [0.5, 0.6) is 0 Å². The third kappa shape index (κ3) is 3.06. The van der Waals surface area contributed by atoms with E-state index < -0.39 is 0 Å². The van der Waals surface area contributed by atoms with Gasteiger partial charge in [-0.25, -0.2) is 0 Å². The minimum Gasteiger partial charge on any atom is -0.399 e. The highest BCUT2D eigenvalue weighted by molar-refractivity contribution is 6.01. The van der Waals surface area contributed by atoms with Gasteiger partial charge >= 0.3 is 0 Å². The van der Waals surface area contributed by atoms with Crippen molar-refractivity contribution >= 4 is 23.2 Å². The molecule has 1 aromatic rings. The fourth-order valence-electron chi connectivity index (χ4n) is 2.21. The molecule has 1 aromatic carbocycles. The summed E-state index contributed by atoms with van der Waals surface area (Å²) < 4.78 is 0. The highest BCUT2D eigenvalue weighted by atomic mass is 16.2. The summed E-state index contributed by atoms with van der Waals surface area (Å²) in [5, 5.41) is 11.0. The topological polar surface area (TPSA) is 99.2 Å². The number of nitrogen functional groups attached to an aromatic ring is 1. The van der Waals surface area contributed by atoms with E-state index in [4.69, 9.17) is 11.0 Å². The fourth-order valence-corrected chi connectivity index (χ4v) is 2.21. The lowest BCUT2D eigenvalue weighted by molar-refractivity contribution is -0.124. The van der Waals surface area contributed by atoms with Gasteiger partial charge in [-0.3, -0.25) is 9.59 Å². The Hall–Kier alpha value is -2.55. The molecule has 1 aliphatic heterocycles. The Bertz CT molecular complexity index is 577. The zero-order chi connectivity index (χ0) is 14.5. The Kier molecular flexibility index (Phi) is 4.20. The summed E-state index contributed by atoms with van der Waals surface area (Å²) in [7, 11) is 0. The number of nitriles is 1. The van der Waals surface area contributed by atoms with Crippen LogP contribution in [0.1, 0.15) is 18.4 Å². The first-order chi connectivity index (χ1) is 9.61. The first-order valence-electron chi connectivity index (χ1n) is 6.44. The van der Waals surface area contributed by atoms with Crippen molar-refractivity contribution in [2.75, 3.05) is 23.7 Å². The van der Waals surface area contributed by atoms with Crippen molar-refractivity contribution in [1.82, 2.24) is 5.32 Å².